The average Bonchev–Trinajstić information content (AvgIpc) is 3.10. The minimum atomic E-state index is 0. The highest BCUT2D eigenvalue weighted by Crippen LogP contribution is 2.14. The minimum Gasteiger partial charge on any atom is -0.352 e. The Kier molecular flexibility index (Phi) is 8.02. The summed E-state index contributed by atoms with van der Waals surface area (Å²) in [5, 5.41) is 8.40. The molecule has 1 aliphatic heterocycles. The van der Waals surface area contributed by atoms with E-state index in [0.29, 0.717) is 12.5 Å². The van der Waals surface area contributed by atoms with Crippen LogP contribution in [0.3, 0.4) is 0 Å². The Morgan fingerprint density at radius 3 is 2.67 bits per heavy atom. The number of hydrogen-bond acceptors (Lipinski definition) is 3. The van der Waals surface area contributed by atoms with E-state index in [9.17, 15) is 4.79 Å². The van der Waals surface area contributed by atoms with Gasteiger partial charge in [0.15, 0.2) is 5.96 Å². The van der Waals surface area contributed by atoms with Gasteiger partial charge in [-0.1, -0.05) is 0 Å². The summed E-state index contributed by atoms with van der Waals surface area (Å²) in [6.45, 7) is 4.92. The van der Waals surface area contributed by atoms with Crippen molar-refractivity contribution in [1.29, 1.82) is 0 Å². The van der Waals surface area contributed by atoms with E-state index >= 15 is 0 Å². The van der Waals surface area contributed by atoms with E-state index in [1.165, 1.54) is 10.4 Å². The summed E-state index contributed by atoms with van der Waals surface area (Å²) >= 11 is 1.73. The molecule has 0 spiro atoms. The molecule has 5 nitrogen and oxygen atoms in total. The van der Waals surface area contributed by atoms with E-state index < -0.39 is 0 Å². The molecule has 7 heteroatoms. The Hall–Kier alpha value is -0.830. The number of likely N-dealkylation sites (tertiary alicyclic amines) is 1. The molecule has 0 atom stereocenters. The quantitative estimate of drug-likeness (QED) is 0.443. The number of aryl methyl sites for hydroxylation is 1. The second kappa shape index (κ2) is 9.24. The lowest BCUT2D eigenvalue weighted by Gasteiger charge is -2.17. The standard InChI is InChI=1S/C14H22N4OS.HI/c1-11-5-8-20-12(11)9-16-14(15-2)17-10-13(19)18-6-3-4-7-18;/h5,8H,3-4,6-7,9-10H2,1-2H3,(H2,15,16,17);1H. The van der Waals surface area contributed by atoms with Gasteiger partial charge in [-0.3, -0.25) is 9.79 Å². The predicted octanol–water partition coefficient (Wildman–Crippen LogP) is 1.96. The van der Waals surface area contributed by atoms with Crippen LogP contribution in [0.25, 0.3) is 0 Å². The SMILES string of the molecule is CN=C(NCC(=O)N1CCCC1)NCc1sccc1C.I. The third kappa shape index (κ3) is 5.46. The van der Waals surface area contributed by atoms with Crippen LogP contribution in [0, 0.1) is 6.92 Å². The van der Waals surface area contributed by atoms with Crippen LogP contribution in [0.15, 0.2) is 16.4 Å². The van der Waals surface area contributed by atoms with Crippen molar-refractivity contribution in [2.75, 3.05) is 26.7 Å². The maximum absolute atomic E-state index is 11.9. The summed E-state index contributed by atoms with van der Waals surface area (Å²) in [7, 11) is 1.72. The van der Waals surface area contributed by atoms with Gasteiger partial charge in [0.1, 0.15) is 0 Å². The van der Waals surface area contributed by atoms with Crippen LogP contribution in [0.5, 0.6) is 0 Å². The van der Waals surface area contributed by atoms with Crippen molar-refractivity contribution in [3.63, 3.8) is 0 Å². The average molecular weight is 422 g/mol. The first-order chi connectivity index (χ1) is 9.70. The van der Waals surface area contributed by atoms with Crippen LogP contribution < -0.4 is 10.6 Å². The molecule has 21 heavy (non-hydrogen) atoms. The fourth-order valence-electron chi connectivity index (χ4n) is 2.21. The largest absolute Gasteiger partial charge is 0.352 e. The molecular weight excluding hydrogens is 399 g/mol. The number of aliphatic imine (C=N–C) groups is 1. The predicted molar refractivity (Wildman–Crippen MR) is 98.5 cm³/mol. The monoisotopic (exact) mass is 422 g/mol. The highest BCUT2D eigenvalue weighted by molar-refractivity contribution is 14.0. The van der Waals surface area contributed by atoms with Crippen LogP contribution in [0.1, 0.15) is 23.3 Å². The van der Waals surface area contributed by atoms with E-state index in [1.54, 1.807) is 18.4 Å². The van der Waals surface area contributed by atoms with Crippen molar-refractivity contribution in [2.24, 2.45) is 4.99 Å². The fourth-order valence-corrected chi connectivity index (χ4v) is 3.05. The smallest absolute Gasteiger partial charge is 0.241 e. The first-order valence-corrected chi connectivity index (χ1v) is 7.84. The second-order valence-electron chi connectivity index (χ2n) is 4.89. The van der Waals surface area contributed by atoms with Gasteiger partial charge in [-0.15, -0.1) is 35.3 Å². The Balaban J connectivity index is 0.00000220. The molecule has 2 heterocycles. The van der Waals surface area contributed by atoms with Crippen LogP contribution in [0.4, 0.5) is 0 Å². The van der Waals surface area contributed by atoms with Gasteiger partial charge in [-0.25, -0.2) is 0 Å². The minimum absolute atomic E-state index is 0. The first kappa shape index (κ1) is 18.2. The molecule has 1 amide bonds. The van der Waals surface area contributed by atoms with Crippen LogP contribution >= 0.6 is 35.3 Å². The van der Waals surface area contributed by atoms with Crippen molar-refractivity contribution < 1.29 is 4.79 Å². The van der Waals surface area contributed by atoms with Gasteiger partial charge in [0.2, 0.25) is 5.91 Å². The van der Waals surface area contributed by atoms with E-state index in [0.717, 1.165) is 32.5 Å². The molecule has 0 saturated carbocycles. The molecular formula is C14H23IN4OS. The van der Waals surface area contributed by atoms with Gasteiger partial charge >= 0.3 is 0 Å². The summed E-state index contributed by atoms with van der Waals surface area (Å²) < 4.78 is 0. The number of rotatable bonds is 4. The van der Waals surface area contributed by atoms with Gasteiger partial charge in [0.05, 0.1) is 13.1 Å². The van der Waals surface area contributed by atoms with E-state index in [4.69, 9.17) is 0 Å². The fraction of sp³-hybridized carbons (Fsp3) is 0.571. The Morgan fingerprint density at radius 1 is 1.38 bits per heavy atom. The van der Waals surface area contributed by atoms with E-state index in [1.807, 2.05) is 4.90 Å². The van der Waals surface area contributed by atoms with Gasteiger partial charge in [0.25, 0.3) is 0 Å². The van der Waals surface area contributed by atoms with Crippen LogP contribution in [0.2, 0.25) is 0 Å². The zero-order valence-corrected chi connectivity index (χ0v) is 15.7. The molecule has 1 aromatic rings. The number of nitrogens with zero attached hydrogens (tertiary/aromatic N) is 2. The maximum atomic E-state index is 11.9. The Morgan fingerprint density at radius 2 is 2.10 bits per heavy atom. The molecule has 0 aliphatic carbocycles. The maximum Gasteiger partial charge on any atom is 0.241 e. The summed E-state index contributed by atoms with van der Waals surface area (Å²) in [5.74, 6) is 0.822. The number of nitrogens with one attached hydrogen (secondary N) is 2. The normalized spacial score (nSPS) is 14.8. The molecule has 1 fully saturated rings. The molecule has 0 unspecified atom stereocenters. The number of guanidine groups is 1. The molecule has 118 valence electrons. The van der Waals surface area contributed by atoms with Crippen molar-refractivity contribution in [1.82, 2.24) is 15.5 Å². The number of thiophene rings is 1. The molecule has 2 rings (SSSR count). The number of amides is 1. The number of carbonyl (C=O) groups excluding carboxylic acids is 1. The zero-order chi connectivity index (χ0) is 14.4. The molecule has 1 aliphatic rings. The third-order valence-corrected chi connectivity index (χ3v) is 4.50. The summed E-state index contributed by atoms with van der Waals surface area (Å²) in [5.41, 5.74) is 1.28. The second-order valence-corrected chi connectivity index (χ2v) is 5.89. The van der Waals surface area contributed by atoms with Gasteiger partial charge in [0, 0.05) is 25.0 Å². The Bertz CT molecular complexity index is 483. The summed E-state index contributed by atoms with van der Waals surface area (Å²) in [6.07, 6.45) is 2.24. The molecule has 0 bridgehead atoms. The molecule has 1 saturated heterocycles. The van der Waals surface area contributed by atoms with Gasteiger partial charge in [-0.2, -0.15) is 0 Å². The topological polar surface area (TPSA) is 56.7 Å². The summed E-state index contributed by atoms with van der Waals surface area (Å²) in [4.78, 5) is 19.3. The van der Waals surface area contributed by atoms with Gasteiger partial charge in [-0.05, 0) is 36.8 Å². The lowest BCUT2D eigenvalue weighted by molar-refractivity contribution is -0.128. The lowest BCUT2D eigenvalue weighted by Crippen LogP contribution is -2.43. The third-order valence-electron chi connectivity index (χ3n) is 3.47. The lowest BCUT2D eigenvalue weighted by atomic mass is 10.3. The first-order valence-electron chi connectivity index (χ1n) is 6.96. The molecule has 0 radical (unpaired) electrons. The zero-order valence-electron chi connectivity index (χ0n) is 12.5. The molecule has 0 aromatic carbocycles. The number of hydrogen-bond donors (Lipinski definition) is 2. The van der Waals surface area contributed by atoms with Crippen molar-refractivity contribution in [2.45, 2.75) is 26.3 Å². The van der Waals surface area contributed by atoms with Crippen LogP contribution in [-0.2, 0) is 11.3 Å². The highest BCUT2D eigenvalue weighted by atomic mass is 127. The van der Waals surface area contributed by atoms with Crippen LogP contribution in [-0.4, -0.2) is 43.4 Å². The van der Waals surface area contributed by atoms with Crippen molar-refractivity contribution in [3.8, 4) is 0 Å². The van der Waals surface area contributed by atoms with E-state index in [2.05, 4.69) is 34.0 Å². The van der Waals surface area contributed by atoms with Crippen molar-refractivity contribution >= 4 is 47.2 Å². The Labute approximate surface area is 147 Å². The molecule has 1 aromatic heterocycles. The van der Waals surface area contributed by atoms with Gasteiger partial charge < -0.3 is 15.5 Å². The highest BCUT2D eigenvalue weighted by Gasteiger charge is 2.17. The number of halogens is 1. The number of carbonyl (C=O) groups is 1. The molecule has 2 N–H and O–H groups in total. The summed E-state index contributed by atoms with van der Waals surface area (Å²) in [6, 6.07) is 2.11. The van der Waals surface area contributed by atoms with E-state index in [-0.39, 0.29) is 29.9 Å². The van der Waals surface area contributed by atoms with Crippen molar-refractivity contribution in [3.05, 3.63) is 21.9 Å².